The number of thiophene rings is 1. The van der Waals surface area contributed by atoms with Crippen LogP contribution in [0.4, 0.5) is 0 Å². The van der Waals surface area contributed by atoms with E-state index < -0.39 is 0 Å². The van der Waals surface area contributed by atoms with Gasteiger partial charge in [0.25, 0.3) is 0 Å². The van der Waals surface area contributed by atoms with Crippen molar-refractivity contribution >= 4 is 44.9 Å². The van der Waals surface area contributed by atoms with Gasteiger partial charge in [-0.15, -0.1) is 21.5 Å². The summed E-state index contributed by atoms with van der Waals surface area (Å²) in [6.07, 6.45) is 8.18. The first-order valence-corrected chi connectivity index (χ1v) is 13.0. The van der Waals surface area contributed by atoms with Crippen molar-refractivity contribution in [2.75, 3.05) is 12.3 Å². The number of aromatic nitrogens is 4. The first kappa shape index (κ1) is 20.2. The van der Waals surface area contributed by atoms with E-state index in [1.807, 2.05) is 16.2 Å². The molecule has 0 aromatic carbocycles. The van der Waals surface area contributed by atoms with Gasteiger partial charge in [-0.3, -0.25) is 9.20 Å². The Bertz CT molecular complexity index is 1100. The number of hydrogen-bond acceptors (Lipinski definition) is 6. The van der Waals surface area contributed by atoms with Gasteiger partial charge in [-0.2, -0.15) is 0 Å². The molecule has 0 N–H and O–H groups in total. The van der Waals surface area contributed by atoms with Crippen molar-refractivity contribution in [1.82, 2.24) is 24.5 Å². The number of likely N-dealkylation sites (tertiary alicyclic amines) is 1. The van der Waals surface area contributed by atoms with Gasteiger partial charge in [0.05, 0.1) is 11.1 Å². The van der Waals surface area contributed by atoms with E-state index >= 15 is 0 Å². The van der Waals surface area contributed by atoms with E-state index in [-0.39, 0.29) is 11.8 Å². The maximum Gasteiger partial charge on any atom is 0.233 e. The van der Waals surface area contributed by atoms with E-state index in [0.29, 0.717) is 11.8 Å². The zero-order valence-corrected chi connectivity index (χ0v) is 19.6. The number of fused-ring (bicyclic) bond motifs is 5. The number of nitrogens with zero attached hydrogens (tertiary/aromatic N) is 5. The lowest BCUT2D eigenvalue weighted by Gasteiger charge is -2.33. The van der Waals surface area contributed by atoms with Crippen LogP contribution in [0.2, 0.25) is 0 Å². The summed E-state index contributed by atoms with van der Waals surface area (Å²) in [5.74, 6) is 1.85. The van der Waals surface area contributed by atoms with Gasteiger partial charge in [-0.05, 0) is 57.4 Å². The highest BCUT2D eigenvalue weighted by Crippen LogP contribution is 2.39. The Morgan fingerprint density at radius 3 is 2.83 bits per heavy atom. The molecule has 5 rings (SSSR count). The van der Waals surface area contributed by atoms with Crippen LogP contribution >= 0.6 is 23.1 Å². The van der Waals surface area contributed by atoms with Crippen molar-refractivity contribution in [2.24, 2.45) is 0 Å². The van der Waals surface area contributed by atoms with Crippen molar-refractivity contribution in [3.8, 4) is 0 Å². The number of aryl methyl sites for hydroxylation is 2. The van der Waals surface area contributed by atoms with Gasteiger partial charge in [0.15, 0.2) is 10.8 Å². The van der Waals surface area contributed by atoms with Crippen molar-refractivity contribution in [3.63, 3.8) is 0 Å². The number of hydrogen-bond donors (Lipinski definition) is 0. The molecule has 0 unspecified atom stereocenters. The Morgan fingerprint density at radius 2 is 2.03 bits per heavy atom. The molecule has 0 bridgehead atoms. The molecule has 0 radical (unpaired) electrons. The number of amides is 1. The fourth-order valence-corrected chi connectivity index (χ4v) is 6.90. The van der Waals surface area contributed by atoms with E-state index in [2.05, 4.69) is 35.4 Å². The van der Waals surface area contributed by atoms with Gasteiger partial charge < -0.3 is 4.90 Å². The molecule has 2 aliphatic rings. The molecule has 0 spiro atoms. The third-order valence-corrected chi connectivity index (χ3v) is 8.52. The van der Waals surface area contributed by atoms with Crippen molar-refractivity contribution in [3.05, 3.63) is 16.3 Å². The topological polar surface area (TPSA) is 63.4 Å². The van der Waals surface area contributed by atoms with E-state index in [1.165, 1.54) is 46.9 Å². The van der Waals surface area contributed by atoms with Crippen LogP contribution < -0.4 is 0 Å². The quantitative estimate of drug-likeness (QED) is 0.540. The molecule has 1 amide bonds. The first-order valence-electron chi connectivity index (χ1n) is 11.2. The van der Waals surface area contributed by atoms with E-state index in [1.54, 1.807) is 0 Å². The average molecular weight is 444 g/mol. The lowest BCUT2D eigenvalue weighted by atomic mass is 9.97. The van der Waals surface area contributed by atoms with Crippen molar-refractivity contribution in [1.29, 1.82) is 0 Å². The minimum Gasteiger partial charge on any atom is -0.339 e. The molecular formula is C22H29N5OS2. The summed E-state index contributed by atoms with van der Waals surface area (Å²) < 4.78 is 2.12. The molecule has 1 atom stereocenters. The van der Waals surface area contributed by atoms with Gasteiger partial charge >= 0.3 is 0 Å². The largest absolute Gasteiger partial charge is 0.339 e. The molecule has 160 valence electrons. The Kier molecular flexibility index (Phi) is 5.47. The average Bonchev–Trinajstić information content (AvgIpc) is 3.32. The minimum absolute atomic E-state index is 0.206. The molecule has 1 aliphatic heterocycles. The van der Waals surface area contributed by atoms with Crippen LogP contribution in [0.25, 0.3) is 15.9 Å². The normalized spacial score (nSPS) is 19.7. The Hall–Kier alpha value is -1.67. The predicted molar refractivity (Wildman–Crippen MR) is 123 cm³/mol. The van der Waals surface area contributed by atoms with Crippen LogP contribution in [0.3, 0.4) is 0 Å². The lowest BCUT2D eigenvalue weighted by Crippen LogP contribution is -2.42. The van der Waals surface area contributed by atoms with Gasteiger partial charge in [-0.25, -0.2) is 4.98 Å². The first-order chi connectivity index (χ1) is 14.5. The molecular weight excluding hydrogens is 414 g/mol. The molecule has 4 heterocycles. The van der Waals surface area contributed by atoms with E-state index in [0.717, 1.165) is 53.7 Å². The Balaban J connectivity index is 1.52. The maximum absolute atomic E-state index is 12.9. The smallest absolute Gasteiger partial charge is 0.233 e. The molecule has 6 nitrogen and oxygen atoms in total. The molecule has 30 heavy (non-hydrogen) atoms. The molecule has 3 aromatic heterocycles. The van der Waals surface area contributed by atoms with E-state index in [9.17, 15) is 4.79 Å². The summed E-state index contributed by atoms with van der Waals surface area (Å²) in [6.45, 7) is 7.36. The second-order valence-electron chi connectivity index (χ2n) is 8.88. The monoisotopic (exact) mass is 443 g/mol. The van der Waals surface area contributed by atoms with Crippen LogP contribution in [0.1, 0.15) is 75.1 Å². The molecule has 8 heteroatoms. The third kappa shape index (κ3) is 3.42. The molecule has 1 fully saturated rings. The zero-order chi connectivity index (χ0) is 20.8. The number of rotatable bonds is 4. The van der Waals surface area contributed by atoms with Crippen molar-refractivity contribution in [2.45, 2.75) is 82.8 Å². The second kappa shape index (κ2) is 8.11. The van der Waals surface area contributed by atoms with Crippen LogP contribution in [0, 0.1) is 0 Å². The molecule has 1 saturated heterocycles. The SMILES string of the molecule is CC(C)c1nc2sc3c(c2c2nnc(SCC(=O)N4CCCC[C@H]4C)n12)CCCC3. The summed E-state index contributed by atoms with van der Waals surface area (Å²) in [5.41, 5.74) is 2.35. The Morgan fingerprint density at radius 1 is 1.20 bits per heavy atom. The van der Waals surface area contributed by atoms with Crippen LogP contribution in [-0.4, -0.2) is 48.7 Å². The molecule has 1 aliphatic carbocycles. The predicted octanol–water partition coefficient (Wildman–Crippen LogP) is 4.83. The van der Waals surface area contributed by atoms with Gasteiger partial charge in [0, 0.05) is 23.4 Å². The lowest BCUT2D eigenvalue weighted by molar-refractivity contribution is -0.131. The number of carbonyl (C=O) groups excluding carboxylic acids is 1. The number of thioether (sulfide) groups is 1. The number of piperidine rings is 1. The zero-order valence-electron chi connectivity index (χ0n) is 18.0. The minimum atomic E-state index is 0.206. The standard InChI is InChI=1S/C22H29N5OS2/c1-13(2)19-23-21-18(15-9-4-5-10-16(15)30-21)20-24-25-22(27(19)20)29-12-17(28)26-11-7-6-8-14(26)3/h13-14H,4-12H2,1-3H3/t14-/m1/s1. The maximum atomic E-state index is 12.9. The second-order valence-corrected chi connectivity index (χ2v) is 10.9. The fraction of sp³-hybridized carbons (Fsp3) is 0.636. The van der Waals surface area contributed by atoms with Gasteiger partial charge in [-0.1, -0.05) is 25.6 Å². The Labute approximate surface area is 185 Å². The summed E-state index contributed by atoms with van der Waals surface area (Å²) in [6, 6.07) is 0.340. The highest BCUT2D eigenvalue weighted by molar-refractivity contribution is 7.99. The summed E-state index contributed by atoms with van der Waals surface area (Å²) >= 11 is 3.33. The highest BCUT2D eigenvalue weighted by atomic mass is 32.2. The molecule has 0 saturated carbocycles. The van der Waals surface area contributed by atoms with Gasteiger partial charge in [0.1, 0.15) is 10.7 Å². The molecule has 3 aromatic rings. The summed E-state index contributed by atoms with van der Waals surface area (Å²) in [5, 5.41) is 11.1. The number of carbonyl (C=O) groups is 1. The fourth-order valence-electron chi connectivity index (χ4n) is 4.81. The van der Waals surface area contributed by atoms with Crippen LogP contribution in [-0.2, 0) is 17.6 Å². The summed E-state index contributed by atoms with van der Waals surface area (Å²) in [4.78, 5) is 22.5. The van der Waals surface area contributed by atoms with E-state index in [4.69, 9.17) is 4.98 Å². The van der Waals surface area contributed by atoms with Crippen LogP contribution in [0.5, 0.6) is 0 Å². The highest BCUT2D eigenvalue weighted by Gasteiger charge is 2.26. The van der Waals surface area contributed by atoms with Crippen molar-refractivity contribution < 1.29 is 4.79 Å². The summed E-state index contributed by atoms with van der Waals surface area (Å²) in [7, 11) is 0. The van der Waals surface area contributed by atoms with Gasteiger partial charge in [0.2, 0.25) is 5.91 Å². The third-order valence-electron chi connectivity index (χ3n) is 6.42. The van der Waals surface area contributed by atoms with Crippen LogP contribution in [0.15, 0.2) is 5.16 Å².